The standard InChI is InChI=1S/C21H35N3O2/c1-4-23(5-2)13-15-26-14-11-22-21(25)20-10-7-12-24(20)17-19-9-6-8-18(3)16-19/h6,8-9,16,20H,4-5,7,10-15,17H2,1-3H3,(H,22,25). The Bertz CT molecular complexity index is 546. The zero-order valence-electron chi connectivity index (χ0n) is 16.7. The van der Waals surface area contributed by atoms with Crippen molar-refractivity contribution >= 4 is 5.91 Å². The molecule has 1 aliphatic rings. The van der Waals surface area contributed by atoms with Crippen LogP contribution in [0.4, 0.5) is 0 Å². The van der Waals surface area contributed by atoms with Crippen LogP contribution in [0, 0.1) is 6.92 Å². The third kappa shape index (κ3) is 6.71. The van der Waals surface area contributed by atoms with E-state index in [1.165, 1.54) is 11.1 Å². The largest absolute Gasteiger partial charge is 0.378 e. The monoisotopic (exact) mass is 361 g/mol. The van der Waals surface area contributed by atoms with Crippen molar-refractivity contribution in [2.75, 3.05) is 45.9 Å². The fraction of sp³-hybridized carbons (Fsp3) is 0.667. The summed E-state index contributed by atoms with van der Waals surface area (Å²) in [6.45, 7) is 13.2. The minimum Gasteiger partial charge on any atom is -0.378 e. The highest BCUT2D eigenvalue weighted by molar-refractivity contribution is 5.82. The first-order chi connectivity index (χ1) is 12.6. The number of benzene rings is 1. The minimum absolute atomic E-state index is 0.00816. The third-order valence-electron chi connectivity index (χ3n) is 5.13. The van der Waals surface area contributed by atoms with E-state index in [1.54, 1.807) is 0 Å². The number of hydrogen-bond donors (Lipinski definition) is 1. The molecular formula is C21H35N3O2. The lowest BCUT2D eigenvalue weighted by Gasteiger charge is -2.24. The van der Waals surface area contributed by atoms with Crippen molar-refractivity contribution in [3.63, 3.8) is 0 Å². The number of likely N-dealkylation sites (tertiary alicyclic amines) is 1. The van der Waals surface area contributed by atoms with Gasteiger partial charge in [0.2, 0.25) is 5.91 Å². The van der Waals surface area contributed by atoms with Crippen LogP contribution in [-0.4, -0.2) is 67.7 Å². The van der Waals surface area contributed by atoms with Gasteiger partial charge in [-0.3, -0.25) is 9.69 Å². The average molecular weight is 362 g/mol. The first-order valence-electron chi connectivity index (χ1n) is 10.0. The predicted octanol–water partition coefficient (Wildman–Crippen LogP) is 2.43. The Labute approximate surface area is 158 Å². The molecule has 1 N–H and O–H groups in total. The number of hydrogen-bond acceptors (Lipinski definition) is 4. The van der Waals surface area contributed by atoms with E-state index in [0.29, 0.717) is 13.2 Å². The lowest BCUT2D eigenvalue weighted by atomic mass is 10.1. The van der Waals surface area contributed by atoms with E-state index in [4.69, 9.17) is 4.74 Å². The van der Waals surface area contributed by atoms with Crippen LogP contribution in [0.3, 0.4) is 0 Å². The molecule has 1 fully saturated rings. The van der Waals surface area contributed by atoms with Crippen molar-refractivity contribution < 1.29 is 9.53 Å². The SMILES string of the molecule is CCN(CC)CCOCCNC(=O)C1CCCN1Cc1cccc(C)c1. The van der Waals surface area contributed by atoms with Crippen molar-refractivity contribution in [2.24, 2.45) is 0 Å². The molecular weight excluding hydrogens is 326 g/mol. The molecule has 146 valence electrons. The van der Waals surface area contributed by atoms with Crippen molar-refractivity contribution in [2.45, 2.75) is 46.2 Å². The summed E-state index contributed by atoms with van der Waals surface area (Å²) in [5.74, 6) is 0.141. The maximum absolute atomic E-state index is 12.5. The molecule has 2 rings (SSSR count). The molecule has 0 saturated carbocycles. The molecule has 1 aromatic carbocycles. The summed E-state index contributed by atoms with van der Waals surface area (Å²) in [4.78, 5) is 17.2. The van der Waals surface area contributed by atoms with E-state index in [-0.39, 0.29) is 11.9 Å². The Hall–Kier alpha value is -1.43. The number of ether oxygens (including phenoxy) is 1. The second-order valence-electron chi connectivity index (χ2n) is 7.05. The predicted molar refractivity (Wildman–Crippen MR) is 106 cm³/mol. The summed E-state index contributed by atoms with van der Waals surface area (Å²) < 4.78 is 5.65. The minimum atomic E-state index is -0.00816. The number of amides is 1. The first-order valence-corrected chi connectivity index (χ1v) is 10.0. The van der Waals surface area contributed by atoms with Crippen LogP contribution in [0.2, 0.25) is 0 Å². The fourth-order valence-electron chi connectivity index (χ4n) is 3.56. The molecule has 5 nitrogen and oxygen atoms in total. The number of likely N-dealkylation sites (N-methyl/N-ethyl adjacent to an activating group) is 1. The summed E-state index contributed by atoms with van der Waals surface area (Å²) in [5, 5.41) is 3.05. The summed E-state index contributed by atoms with van der Waals surface area (Å²) in [5.41, 5.74) is 2.55. The Morgan fingerprint density at radius 2 is 2.12 bits per heavy atom. The molecule has 1 heterocycles. The van der Waals surface area contributed by atoms with Gasteiger partial charge in [-0.2, -0.15) is 0 Å². The zero-order valence-corrected chi connectivity index (χ0v) is 16.7. The number of nitrogens with zero attached hydrogens (tertiary/aromatic N) is 2. The number of aryl methyl sites for hydroxylation is 1. The molecule has 1 aromatic rings. The van der Waals surface area contributed by atoms with Gasteiger partial charge in [0, 0.05) is 19.6 Å². The summed E-state index contributed by atoms with van der Waals surface area (Å²) in [6, 6.07) is 8.54. The summed E-state index contributed by atoms with van der Waals surface area (Å²) in [6.07, 6.45) is 2.03. The van der Waals surface area contributed by atoms with Crippen molar-refractivity contribution in [1.29, 1.82) is 0 Å². The molecule has 0 aromatic heterocycles. The normalized spacial score (nSPS) is 17.8. The van der Waals surface area contributed by atoms with Crippen LogP contribution < -0.4 is 5.32 Å². The number of carbonyl (C=O) groups is 1. The molecule has 0 aliphatic carbocycles. The number of carbonyl (C=O) groups excluding carboxylic acids is 1. The van der Waals surface area contributed by atoms with Gasteiger partial charge >= 0.3 is 0 Å². The van der Waals surface area contributed by atoms with Crippen LogP contribution in [-0.2, 0) is 16.1 Å². The molecule has 1 saturated heterocycles. The van der Waals surface area contributed by atoms with Gasteiger partial charge in [-0.25, -0.2) is 0 Å². The zero-order chi connectivity index (χ0) is 18.8. The lowest BCUT2D eigenvalue weighted by molar-refractivity contribution is -0.125. The summed E-state index contributed by atoms with van der Waals surface area (Å²) >= 11 is 0. The molecule has 0 bridgehead atoms. The average Bonchev–Trinajstić information content (AvgIpc) is 3.09. The quantitative estimate of drug-likeness (QED) is 0.615. The Morgan fingerprint density at radius 3 is 2.85 bits per heavy atom. The van der Waals surface area contributed by atoms with E-state index in [0.717, 1.165) is 52.2 Å². The maximum Gasteiger partial charge on any atom is 0.237 e. The van der Waals surface area contributed by atoms with Crippen molar-refractivity contribution in [3.8, 4) is 0 Å². The number of nitrogens with one attached hydrogen (secondary N) is 1. The fourth-order valence-corrected chi connectivity index (χ4v) is 3.56. The third-order valence-corrected chi connectivity index (χ3v) is 5.13. The second-order valence-corrected chi connectivity index (χ2v) is 7.05. The highest BCUT2D eigenvalue weighted by Gasteiger charge is 2.30. The van der Waals surface area contributed by atoms with Crippen molar-refractivity contribution in [1.82, 2.24) is 15.1 Å². The molecule has 26 heavy (non-hydrogen) atoms. The van der Waals surface area contributed by atoms with Gasteiger partial charge in [-0.05, 0) is 45.0 Å². The van der Waals surface area contributed by atoms with E-state index < -0.39 is 0 Å². The molecule has 0 spiro atoms. The highest BCUT2D eigenvalue weighted by atomic mass is 16.5. The van der Waals surface area contributed by atoms with Gasteiger partial charge in [0.1, 0.15) is 0 Å². The highest BCUT2D eigenvalue weighted by Crippen LogP contribution is 2.20. The molecule has 5 heteroatoms. The van der Waals surface area contributed by atoms with Crippen LogP contribution in [0.5, 0.6) is 0 Å². The van der Waals surface area contributed by atoms with E-state index in [1.807, 2.05) is 0 Å². The Morgan fingerprint density at radius 1 is 1.31 bits per heavy atom. The summed E-state index contributed by atoms with van der Waals surface area (Å²) in [7, 11) is 0. The smallest absolute Gasteiger partial charge is 0.237 e. The molecule has 1 aliphatic heterocycles. The van der Waals surface area contributed by atoms with Crippen LogP contribution >= 0.6 is 0 Å². The Balaban J connectivity index is 1.67. The molecule has 0 radical (unpaired) electrons. The van der Waals surface area contributed by atoms with E-state index in [2.05, 4.69) is 60.2 Å². The van der Waals surface area contributed by atoms with Crippen LogP contribution in [0.25, 0.3) is 0 Å². The number of rotatable bonds is 11. The van der Waals surface area contributed by atoms with E-state index in [9.17, 15) is 4.79 Å². The van der Waals surface area contributed by atoms with Crippen LogP contribution in [0.15, 0.2) is 24.3 Å². The van der Waals surface area contributed by atoms with Crippen molar-refractivity contribution in [3.05, 3.63) is 35.4 Å². The lowest BCUT2D eigenvalue weighted by Crippen LogP contribution is -2.43. The molecule has 1 atom stereocenters. The van der Waals surface area contributed by atoms with Gasteiger partial charge in [-0.1, -0.05) is 43.7 Å². The maximum atomic E-state index is 12.5. The molecule has 1 amide bonds. The van der Waals surface area contributed by atoms with Gasteiger partial charge < -0.3 is 15.0 Å². The van der Waals surface area contributed by atoms with Gasteiger partial charge in [0.15, 0.2) is 0 Å². The second kappa shape index (κ2) is 11.3. The molecule has 1 unspecified atom stereocenters. The van der Waals surface area contributed by atoms with Gasteiger partial charge in [0.25, 0.3) is 0 Å². The van der Waals surface area contributed by atoms with Crippen LogP contribution in [0.1, 0.15) is 37.8 Å². The van der Waals surface area contributed by atoms with Gasteiger partial charge in [0.05, 0.1) is 19.3 Å². The first kappa shape index (κ1) is 20.9. The van der Waals surface area contributed by atoms with Gasteiger partial charge in [-0.15, -0.1) is 0 Å². The van der Waals surface area contributed by atoms with E-state index >= 15 is 0 Å². The topological polar surface area (TPSA) is 44.8 Å². The Kier molecular flexibility index (Phi) is 9.09.